The van der Waals surface area contributed by atoms with Gasteiger partial charge in [-0.05, 0) is 66.9 Å². The van der Waals surface area contributed by atoms with Gasteiger partial charge in [0.15, 0.2) is 0 Å². The van der Waals surface area contributed by atoms with Crippen molar-refractivity contribution in [2.24, 2.45) is 0 Å². The van der Waals surface area contributed by atoms with E-state index in [1.165, 1.54) is 6.92 Å². The van der Waals surface area contributed by atoms with Crippen LogP contribution in [-0.4, -0.2) is 55.3 Å². The Hall–Kier alpha value is -4.04. The van der Waals surface area contributed by atoms with Crippen LogP contribution in [0.2, 0.25) is 0 Å². The maximum absolute atomic E-state index is 12.6. The number of nitrogens with one attached hydrogen (secondary N) is 1. The van der Waals surface area contributed by atoms with Crippen molar-refractivity contribution in [2.45, 2.75) is 38.6 Å². The molecule has 8 nitrogen and oxygen atoms in total. The van der Waals surface area contributed by atoms with Gasteiger partial charge in [-0.25, -0.2) is 4.79 Å². The van der Waals surface area contributed by atoms with Crippen LogP contribution in [0.1, 0.15) is 25.3 Å². The number of anilines is 2. The first-order valence-electron chi connectivity index (χ1n) is 13.0. The molecular weight excluding hydrogens is 482 g/mol. The van der Waals surface area contributed by atoms with Gasteiger partial charge in [-0.1, -0.05) is 30.3 Å². The standard InChI is InChI=1S/C30H33N3O5/c1-22(34)31-24-7-11-27(12-8-24)37-28-15-17-32(18-16-28)19-29-20-33(30(35)38-29)25-9-13-26(14-10-25)36-21-23-5-3-2-4-6-23/h2-14,28-29H,15-21H2,1H3,(H,31,34)/t29-/m0/s1. The van der Waals surface area contributed by atoms with Gasteiger partial charge in [0.05, 0.1) is 6.54 Å². The van der Waals surface area contributed by atoms with E-state index in [0.717, 1.165) is 54.4 Å². The second-order valence-electron chi connectivity index (χ2n) is 9.71. The number of amides is 2. The van der Waals surface area contributed by atoms with Gasteiger partial charge in [-0.3, -0.25) is 14.6 Å². The highest BCUT2D eigenvalue weighted by molar-refractivity contribution is 5.90. The number of likely N-dealkylation sites (tertiary alicyclic amines) is 1. The third-order valence-electron chi connectivity index (χ3n) is 6.74. The van der Waals surface area contributed by atoms with E-state index in [1.807, 2.05) is 78.9 Å². The third kappa shape index (κ3) is 6.83. The van der Waals surface area contributed by atoms with Crippen molar-refractivity contribution in [3.8, 4) is 11.5 Å². The zero-order valence-electron chi connectivity index (χ0n) is 21.5. The Morgan fingerprint density at radius 2 is 1.63 bits per heavy atom. The molecule has 0 aliphatic carbocycles. The molecule has 2 saturated heterocycles. The van der Waals surface area contributed by atoms with Gasteiger partial charge in [0, 0.05) is 37.9 Å². The minimum absolute atomic E-state index is 0.0934. The second-order valence-corrected chi connectivity index (χ2v) is 9.71. The topological polar surface area (TPSA) is 80.3 Å². The zero-order chi connectivity index (χ0) is 26.3. The van der Waals surface area contributed by atoms with Gasteiger partial charge < -0.3 is 19.5 Å². The minimum atomic E-state index is -0.311. The van der Waals surface area contributed by atoms with Crippen LogP contribution < -0.4 is 19.7 Å². The molecule has 1 atom stereocenters. The highest BCUT2D eigenvalue weighted by atomic mass is 16.6. The van der Waals surface area contributed by atoms with Crippen LogP contribution in [0.5, 0.6) is 11.5 Å². The summed E-state index contributed by atoms with van der Waals surface area (Å²) in [5.41, 5.74) is 2.67. The quantitative estimate of drug-likeness (QED) is 0.428. The average Bonchev–Trinajstić information content (AvgIpc) is 3.30. The molecule has 0 aromatic heterocycles. The Bertz CT molecular complexity index is 1210. The maximum Gasteiger partial charge on any atom is 0.414 e. The number of hydrogen-bond donors (Lipinski definition) is 1. The first kappa shape index (κ1) is 25.6. The summed E-state index contributed by atoms with van der Waals surface area (Å²) >= 11 is 0. The molecule has 3 aromatic carbocycles. The van der Waals surface area contributed by atoms with Gasteiger partial charge in [0.2, 0.25) is 5.91 Å². The average molecular weight is 516 g/mol. The van der Waals surface area contributed by atoms with Gasteiger partial charge >= 0.3 is 6.09 Å². The highest BCUT2D eigenvalue weighted by Gasteiger charge is 2.34. The Kier molecular flexibility index (Phi) is 8.09. The number of carbonyl (C=O) groups excluding carboxylic acids is 2. The molecule has 198 valence electrons. The summed E-state index contributed by atoms with van der Waals surface area (Å²) in [6.45, 7) is 4.99. The lowest BCUT2D eigenvalue weighted by Gasteiger charge is -2.33. The number of hydrogen-bond acceptors (Lipinski definition) is 6. The zero-order valence-corrected chi connectivity index (χ0v) is 21.5. The smallest absolute Gasteiger partial charge is 0.414 e. The van der Waals surface area contributed by atoms with Crippen molar-refractivity contribution in [3.05, 3.63) is 84.4 Å². The van der Waals surface area contributed by atoms with E-state index in [9.17, 15) is 9.59 Å². The van der Waals surface area contributed by atoms with Crippen LogP contribution in [0.25, 0.3) is 0 Å². The van der Waals surface area contributed by atoms with Crippen molar-refractivity contribution in [1.82, 2.24) is 4.90 Å². The van der Waals surface area contributed by atoms with Crippen LogP contribution >= 0.6 is 0 Å². The summed E-state index contributed by atoms with van der Waals surface area (Å²) in [5, 5.41) is 2.76. The number of cyclic esters (lactones) is 1. The molecular formula is C30H33N3O5. The number of nitrogens with zero attached hydrogens (tertiary/aromatic N) is 2. The minimum Gasteiger partial charge on any atom is -0.490 e. The second kappa shape index (κ2) is 12.0. The fourth-order valence-electron chi connectivity index (χ4n) is 4.80. The Morgan fingerprint density at radius 3 is 2.32 bits per heavy atom. The number of benzene rings is 3. The largest absolute Gasteiger partial charge is 0.490 e. The molecule has 3 aromatic rings. The van der Waals surface area contributed by atoms with Crippen LogP contribution in [0.15, 0.2) is 78.9 Å². The fourth-order valence-corrected chi connectivity index (χ4v) is 4.80. The van der Waals surface area contributed by atoms with Crippen molar-refractivity contribution >= 4 is 23.4 Å². The number of rotatable bonds is 9. The first-order valence-corrected chi connectivity index (χ1v) is 13.0. The molecule has 1 N–H and O–H groups in total. The molecule has 0 radical (unpaired) electrons. The summed E-state index contributed by atoms with van der Waals surface area (Å²) in [4.78, 5) is 27.8. The van der Waals surface area contributed by atoms with E-state index in [2.05, 4.69) is 10.2 Å². The third-order valence-corrected chi connectivity index (χ3v) is 6.74. The molecule has 2 fully saturated rings. The lowest BCUT2D eigenvalue weighted by Crippen LogP contribution is -2.42. The van der Waals surface area contributed by atoms with Gasteiger partial charge in [-0.2, -0.15) is 0 Å². The number of carbonyl (C=O) groups is 2. The normalized spacial score (nSPS) is 18.2. The van der Waals surface area contributed by atoms with Crippen LogP contribution in [0.3, 0.4) is 0 Å². The molecule has 2 amide bonds. The van der Waals surface area contributed by atoms with E-state index in [1.54, 1.807) is 4.90 Å². The van der Waals surface area contributed by atoms with E-state index in [0.29, 0.717) is 19.7 Å². The van der Waals surface area contributed by atoms with E-state index >= 15 is 0 Å². The molecule has 38 heavy (non-hydrogen) atoms. The Balaban J connectivity index is 1.05. The van der Waals surface area contributed by atoms with Gasteiger partial charge in [-0.15, -0.1) is 0 Å². The molecule has 2 heterocycles. The molecule has 0 bridgehead atoms. The lowest BCUT2D eigenvalue weighted by molar-refractivity contribution is -0.114. The van der Waals surface area contributed by atoms with Crippen LogP contribution in [0, 0.1) is 0 Å². The van der Waals surface area contributed by atoms with E-state index in [4.69, 9.17) is 14.2 Å². The molecule has 2 aliphatic rings. The SMILES string of the molecule is CC(=O)Nc1ccc(OC2CCN(C[C@H]3CN(c4ccc(OCc5ccccc5)cc4)C(=O)O3)CC2)cc1. The molecule has 5 rings (SSSR count). The van der Waals surface area contributed by atoms with E-state index < -0.39 is 0 Å². The van der Waals surface area contributed by atoms with Crippen molar-refractivity contribution in [3.63, 3.8) is 0 Å². The van der Waals surface area contributed by atoms with Crippen molar-refractivity contribution in [1.29, 1.82) is 0 Å². The highest BCUT2D eigenvalue weighted by Crippen LogP contribution is 2.26. The predicted molar refractivity (Wildman–Crippen MR) is 146 cm³/mol. The number of piperidine rings is 1. The van der Waals surface area contributed by atoms with Gasteiger partial charge in [0.1, 0.15) is 30.3 Å². The van der Waals surface area contributed by atoms with Crippen LogP contribution in [0.4, 0.5) is 16.2 Å². The van der Waals surface area contributed by atoms with E-state index in [-0.39, 0.29) is 24.2 Å². The lowest BCUT2D eigenvalue weighted by atomic mass is 10.1. The van der Waals surface area contributed by atoms with Crippen molar-refractivity contribution < 1.29 is 23.8 Å². The molecule has 0 spiro atoms. The summed E-state index contributed by atoms with van der Waals surface area (Å²) < 4.78 is 17.7. The predicted octanol–water partition coefficient (Wildman–Crippen LogP) is 5.09. The molecule has 8 heteroatoms. The van der Waals surface area contributed by atoms with Crippen molar-refractivity contribution in [2.75, 3.05) is 36.4 Å². The Labute approximate surface area is 223 Å². The van der Waals surface area contributed by atoms with Gasteiger partial charge in [0.25, 0.3) is 0 Å². The summed E-state index contributed by atoms with van der Waals surface area (Å²) in [6, 6.07) is 25.0. The molecule has 0 unspecified atom stereocenters. The summed E-state index contributed by atoms with van der Waals surface area (Å²) in [7, 11) is 0. The summed E-state index contributed by atoms with van der Waals surface area (Å²) in [6.07, 6.45) is 1.47. The number of ether oxygens (including phenoxy) is 3. The first-order chi connectivity index (χ1) is 18.5. The maximum atomic E-state index is 12.6. The molecule has 0 saturated carbocycles. The summed E-state index contributed by atoms with van der Waals surface area (Å²) in [5.74, 6) is 1.47. The fraction of sp³-hybridized carbons (Fsp3) is 0.333. The monoisotopic (exact) mass is 515 g/mol. The Morgan fingerprint density at radius 1 is 0.947 bits per heavy atom. The van der Waals surface area contributed by atoms with Crippen LogP contribution in [-0.2, 0) is 16.1 Å². The molecule has 2 aliphatic heterocycles.